The van der Waals surface area contributed by atoms with Crippen molar-refractivity contribution in [1.82, 2.24) is 5.32 Å². The second-order valence-electron chi connectivity index (χ2n) is 7.93. The minimum Gasteiger partial charge on any atom is -0.409 e. The highest BCUT2D eigenvalue weighted by Gasteiger charge is 2.36. The molecule has 0 bridgehead atoms. The quantitative estimate of drug-likeness (QED) is 0.474. The third-order valence-electron chi connectivity index (χ3n) is 5.65. The van der Waals surface area contributed by atoms with Crippen molar-refractivity contribution in [3.63, 3.8) is 0 Å². The molecule has 1 atom stereocenters. The smallest absolute Gasteiger partial charge is 0.192 e. The number of hydrogen-bond donors (Lipinski definition) is 1. The molecule has 3 nitrogen and oxygen atoms in total. The van der Waals surface area contributed by atoms with Crippen LogP contribution >= 0.6 is 23.2 Å². The maximum absolute atomic E-state index is 6.82. The lowest BCUT2D eigenvalue weighted by molar-refractivity contribution is -0.0995. The van der Waals surface area contributed by atoms with Crippen molar-refractivity contribution in [3.05, 3.63) is 33.3 Å². The summed E-state index contributed by atoms with van der Waals surface area (Å²) in [6.07, 6.45) is -0.119. The van der Waals surface area contributed by atoms with Gasteiger partial charge in [0.2, 0.25) is 0 Å². The number of ether oxygens (including phenoxy) is 1. The molecule has 1 aliphatic heterocycles. The van der Waals surface area contributed by atoms with Crippen LogP contribution < -0.4 is 5.32 Å². The van der Waals surface area contributed by atoms with Crippen molar-refractivity contribution < 1.29 is 9.16 Å². The summed E-state index contributed by atoms with van der Waals surface area (Å²) >= 11 is 13.2. The maximum atomic E-state index is 6.82. The number of aryl methyl sites for hydroxylation is 1. The van der Waals surface area contributed by atoms with Crippen LogP contribution in [0, 0.1) is 12.3 Å². The van der Waals surface area contributed by atoms with E-state index >= 15 is 0 Å². The molecule has 1 saturated heterocycles. The molecule has 26 heavy (non-hydrogen) atoms. The fraction of sp³-hybridized carbons (Fsp3) is 0.700. The largest absolute Gasteiger partial charge is 0.409 e. The van der Waals surface area contributed by atoms with Crippen LogP contribution in [0.25, 0.3) is 0 Å². The Bertz CT molecular complexity index is 572. The standard InChI is InChI=1S/C20H33Cl2NO2Si/c1-6-26(7-2,8-3)25-18(11-23-12-20(5)13-24-14-20)19-16(21)9-15(4)10-17(19)22/h9-10,18,23H,6-8,11-14H2,1-5H3. The van der Waals surface area contributed by atoms with E-state index in [2.05, 4.69) is 33.0 Å². The minimum atomic E-state index is -1.79. The average molecular weight is 418 g/mol. The summed E-state index contributed by atoms with van der Waals surface area (Å²) in [5.74, 6) is 0. The Hall–Kier alpha value is -0.103. The molecular formula is C20H33Cl2NO2Si. The van der Waals surface area contributed by atoms with Gasteiger partial charge in [-0.2, -0.15) is 0 Å². The fourth-order valence-corrected chi connectivity index (χ4v) is 7.22. The zero-order chi connectivity index (χ0) is 19.4. The summed E-state index contributed by atoms with van der Waals surface area (Å²) in [6.45, 7) is 14.2. The number of benzene rings is 1. The van der Waals surface area contributed by atoms with E-state index in [9.17, 15) is 0 Å². The van der Waals surface area contributed by atoms with E-state index in [0.29, 0.717) is 16.6 Å². The van der Waals surface area contributed by atoms with Crippen molar-refractivity contribution in [1.29, 1.82) is 0 Å². The summed E-state index contributed by atoms with van der Waals surface area (Å²) in [4.78, 5) is 0. The molecule has 148 valence electrons. The molecule has 1 unspecified atom stereocenters. The van der Waals surface area contributed by atoms with Gasteiger partial charge in [-0.25, -0.2) is 0 Å². The van der Waals surface area contributed by atoms with Gasteiger partial charge in [0.1, 0.15) is 0 Å². The van der Waals surface area contributed by atoms with Crippen LogP contribution in [0.15, 0.2) is 12.1 Å². The molecule has 0 aromatic heterocycles. The SMILES string of the molecule is CC[Si](CC)(CC)OC(CNCC1(C)COC1)c1c(Cl)cc(C)cc1Cl. The molecule has 1 aromatic carbocycles. The van der Waals surface area contributed by atoms with Gasteiger partial charge in [0, 0.05) is 34.1 Å². The Morgan fingerprint density at radius 1 is 1.15 bits per heavy atom. The van der Waals surface area contributed by atoms with E-state index < -0.39 is 8.32 Å². The van der Waals surface area contributed by atoms with E-state index in [0.717, 1.165) is 49.0 Å². The topological polar surface area (TPSA) is 30.5 Å². The fourth-order valence-electron chi connectivity index (χ4n) is 3.58. The second kappa shape index (κ2) is 9.40. The van der Waals surface area contributed by atoms with E-state index in [4.69, 9.17) is 32.4 Å². The Kier molecular flexibility index (Phi) is 8.02. The van der Waals surface area contributed by atoms with Crippen molar-refractivity contribution in [2.24, 2.45) is 5.41 Å². The molecule has 0 saturated carbocycles. The lowest BCUT2D eigenvalue weighted by Crippen LogP contribution is -2.48. The predicted octanol–water partition coefficient (Wildman–Crippen LogP) is 5.99. The molecule has 0 radical (unpaired) electrons. The molecule has 2 rings (SSSR count). The Labute approximate surface area is 169 Å². The van der Waals surface area contributed by atoms with Crippen molar-refractivity contribution in [2.45, 2.75) is 58.9 Å². The summed E-state index contributed by atoms with van der Waals surface area (Å²) in [5.41, 5.74) is 2.22. The highest BCUT2D eigenvalue weighted by atomic mass is 35.5. The highest BCUT2D eigenvalue weighted by Crippen LogP contribution is 2.37. The third-order valence-corrected chi connectivity index (χ3v) is 10.9. The van der Waals surface area contributed by atoms with Crippen LogP contribution in [0.1, 0.15) is 44.9 Å². The maximum Gasteiger partial charge on any atom is 0.192 e. The predicted molar refractivity (Wildman–Crippen MR) is 114 cm³/mol. The third kappa shape index (κ3) is 5.24. The first-order chi connectivity index (χ1) is 12.3. The van der Waals surface area contributed by atoms with Gasteiger partial charge in [0.15, 0.2) is 8.32 Å². The van der Waals surface area contributed by atoms with Gasteiger partial charge < -0.3 is 14.5 Å². The van der Waals surface area contributed by atoms with Crippen LogP contribution in [0.4, 0.5) is 0 Å². The molecule has 0 amide bonds. The van der Waals surface area contributed by atoms with Crippen LogP contribution in [-0.2, 0) is 9.16 Å². The number of nitrogens with one attached hydrogen (secondary N) is 1. The Balaban J connectivity index is 2.23. The lowest BCUT2D eigenvalue weighted by atomic mass is 9.88. The van der Waals surface area contributed by atoms with Gasteiger partial charge in [-0.05, 0) is 42.8 Å². The zero-order valence-electron chi connectivity index (χ0n) is 16.8. The van der Waals surface area contributed by atoms with E-state index in [-0.39, 0.29) is 11.5 Å². The summed E-state index contributed by atoms with van der Waals surface area (Å²) < 4.78 is 12.2. The lowest BCUT2D eigenvalue weighted by Gasteiger charge is -2.39. The molecule has 1 aliphatic rings. The van der Waals surface area contributed by atoms with Gasteiger partial charge in [-0.3, -0.25) is 0 Å². The molecule has 0 aliphatic carbocycles. The highest BCUT2D eigenvalue weighted by molar-refractivity contribution is 6.73. The second-order valence-corrected chi connectivity index (χ2v) is 13.5. The van der Waals surface area contributed by atoms with Crippen molar-refractivity contribution >= 4 is 31.5 Å². The van der Waals surface area contributed by atoms with Gasteiger partial charge in [-0.15, -0.1) is 0 Å². The minimum absolute atomic E-state index is 0.119. The number of rotatable bonds is 10. The molecule has 1 heterocycles. The van der Waals surface area contributed by atoms with Crippen LogP contribution in [0.5, 0.6) is 0 Å². The van der Waals surface area contributed by atoms with Crippen LogP contribution in [-0.4, -0.2) is 34.6 Å². The van der Waals surface area contributed by atoms with Crippen molar-refractivity contribution in [3.8, 4) is 0 Å². The summed E-state index contributed by atoms with van der Waals surface area (Å²) in [6, 6.07) is 7.26. The first kappa shape index (κ1) is 22.2. The number of hydrogen-bond acceptors (Lipinski definition) is 3. The van der Waals surface area contributed by atoms with Gasteiger partial charge >= 0.3 is 0 Å². The Morgan fingerprint density at radius 2 is 1.69 bits per heavy atom. The molecular weight excluding hydrogens is 385 g/mol. The van der Waals surface area contributed by atoms with Gasteiger partial charge in [-0.1, -0.05) is 50.9 Å². The van der Waals surface area contributed by atoms with Gasteiger partial charge in [0.05, 0.1) is 19.3 Å². The van der Waals surface area contributed by atoms with Crippen LogP contribution in [0.2, 0.25) is 28.2 Å². The molecule has 1 N–H and O–H groups in total. The monoisotopic (exact) mass is 417 g/mol. The summed E-state index contributed by atoms with van der Waals surface area (Å²) in [5, 5.41) is 4.99. The number of halogens is 2. The normalized spacial score (nSPS) is 17.8. The average Bonchev–Trinajstić information content (AvgIpc) is 2.57. The zero-order valence-corrected chi connectivity index (χ0v) is 19.3. The van der Waals surface area contributed by atoms with E-state index in [1.807, 2.05) is 19.1 Å². The summed E-state index contributed by atoms with van der Waals surface area (Å²) in [7, 11) is -1.79. The molecule has 0 spiro atoms. The molecule has 1 fully saturated rings. The van der Waals surface area contributed by atoms with E-state index in [1.165, 1.54) is 0 Å². The van der Waals surface area contributed by atoms with Crippen LogP contribution in [0.3, 0.4) is 0 Å². The first-order valence-electron chi connectivity index (χ1n) is 9.70. The molecule has 1 aromatic rings. The Morgan fingerprint density at radius 3 is 2.12 bits per heavy atom. The van der Waals surface area contributed by atoms with Gasteiger partial charge in [0.25, 0.3) is 0 Å². The van der Waals surface area contributed by atoms with E-state index in [1.54, 1.807) is 0 Å². The molecule has 6 heteroatoms. The first-order valence-corrected chi connectivity index (χ1v) is 13.0. The van der Waals surface area contributed by atoms with Crippen molar-refractivity contribution in [2.75, 3.05) is 26.3 Å².